The molecule has 0 saturated carbocycles. The van der Waals surface area contributed by atoms with Crippen LogP contribution in [0.5, 0.6) is 11.5 Å². The third-order valence-corrected chi connectivity index (χ3v) is 5.82. The summed E-state index contributed by atoms with van der Waals surface area (Å²) in [5, 5.41) is 2.99. The standard InChI is InChI=1S/C26H26N2O4/c1-17-8-4-7-11-21(17)27-25(29)15-22(18-12-13-23(31-2)24(14-18)32-3)28-16-19-9-5-6-10-20(19)26(28)30/h4-14,22H,15-16H2,1-3H3,(H,27,29)/t22-/m1/s1. The van der Waals surface area contributed by atoms with Crippen LogP contribution in [0.2, 0.25) is 0 Å². The number of methoxy groups -OCH3 is 2. The Morgan fingerprint density at radius 3 is 2.44 bits per heavy atom. The predicted molar refractivity (Wildman–Crippen MR) is 123 cm³/mol. The zero-order chi connectivity index (χ0) is 22.7. The van der Waals surface area contributed by atoms with Crippen LogP contribution in [-0.2, 0) is 11.3 Å². The van der Waals surface area contributed by atoms with Crippen LogP contribution in [0.15, 0.2) is 66.7 Å². The SMILES string of the molecule is COc1ccc([C@@H](CC(=O)Nc2ccccc2C)N2Cc3ccccc3C2=O)cc1OC. The predicted octanol–water partition coefficient (Wildman–Crippen LogP) is 4.74. The van der Waals surface area contributed by atoms with Gasteiger partial charge in [-0.3, -0.25) is 9.59 Å². The number of fused-ring (bicyclic) bond motifs is 1. The lowest BCUT2D eigenvalue weighted by Crippen LogP contribution is -2.32. The van der Waals surface area contributed by atoms with E-state index in [4.69, 9.17) is 9.47 Å². The van der Waals surface area contributed by atoms with Crippen molar-refractivity contribution >= 4 is 17.5 Å². The van der Waals surface area contributed by atoms with Gasteiger partial charge < -0.3 is 19.7 Å². The molecule has 6 heteroatoms. The van der Waals surface area contributed by atoms with Crippen LogP contribution < -0.4 is 14.8 Å². The average Bonchev–Trinajstić information content (AvgIpc) is 3.15. The van der Waals surface area contributed by atoms with Gasteiger partial charge in [-0.2, -0.15) is 0 Å². The molecule has 0 bridgehead atoms. The molecular formula is C26H26N2O4. The molecule has 0 aromatic heterocycles. The van der Waals surface area contributed by atoms with Crippen LogP contribution in [0.25, 0.3) is 0 Å². The number of para-hydroxylation sites is 1. The van der Waals surface area contributed by atoms with E-state index in [2.05, 4.69) is 5.32 Å². The first-order chi connectivity index (χ1) is 15.5. The number of rotatable bonds is 7. The van der Waals surface area contributed by atoms with Crippen LogP contribution in [-0.4, -0.2) is 30.9 Å². The first kappa shape index (κ1) is 21.4. The molecule has 32 heavy (non-hydrogen) atoms. The molecule has 6 nitrogen and oxygen atoms in total. The van der Waals surface area contributed by atoms with Crippen molar-refractivity contribution in [1.82, 2.24) is 4.90 Å². The Morgan fingerprint density at radius 2 is 1.72 bits per heavy atom. The Hall–Kier alpha value is -3.80. The summed E-state index contributed by atoms with van der Waals surface area (Å²) in [5.74, 6) is 0.904. The monoisotopic (exact) mass is 430 g/mol. The molecule has 1 aliphatic heterocycles. The van der Waals surface area contributed by atoms with Gasteiger partial charge in [-0.05, 0) is 47.9 Å². The van der Waals surface area contributed by atoms with Crippen molar-refractivity contribution in [3.8, 4) is 11.5 Å². The van der Waals surface area contributed by atoms with Crippen molar-refractivity contribution in [1.29, 1.82) is 0 Å². The van der Waals surface area contributed by atoms with Gasteiger partial charge in [0.25, 0.3) is 5.91 Å². The summed E-state index contributed by atoms with van der Waals surface area (Å²) in [4.78, 5) is 28.0. The maximum Gasteiger partial charge on any atom is 0.255 e. The molecule has 1 heterocycles. The number of aryl methyl sites for hydroxylation is 1. The fraction of sp³-hybridized carbons (Fsp3) is 0.231. The number of hydrogen-bond acceptors (Lipinski definition) is 4. The van der Waals surface area contributed by atoms with E-state index in [-0.39, 0.29) is 18.2 Å². The van der Waals surface area contributed by atoms with Gasteiger partial charge >= 0.3 is 0 Å². The number of benzene rings is 3. The molecule has 1 N–H and O–H groups in total. The second-order valence-electron chi connectivity index (χ2n) is 7.79. The highest BCUT2D eigenvalue weighted by atomic mass is 16.5. The molecule has 0 radical (unpaired) electrons. The minimum absolute atomic E-state index is 0.0796. The van der Waals surface area contributed by atoms with Gasteiger partial charge in [0.1, 0.15) is 0 Å². The van der Waals surface area contributed by atoms with Crippen molar-refractivity contribution in [2.75, 3.05) is 19.5 Å². The Balaban J connectivity index is 1.67. The smallest absolute Gasteiger partial charge is 0.255 e. The molecule has 0 fully saturated rings. The van der Waals surface area contributed by atoms with E-state index < -0.39 is 6.04 Å². The molecule has 0 saturated heterocycles. The number of carbonyl (C=O) groups excluding carboxylic acids is 2. The average molecular weight is 431 g/mol. The fourth-order valence-corrected chi connectivity index (χ4v) is 4.09. The van der Waals surface area contributed by atoms with Crippen molar-refractivity contribution in [2.45, 2.75) is 25.9 Å². The van der Waals surface area contributed by atoms with E-state index in [1.165, 1.54) is 0 Å². The van der Waals surface area contributed by atoms with Crippen LogP contribution in [0.3, 0.4) is 0 Å². The van der Waals surface area contributed by atoms with Crippen LogP contribution in [0.4, 0.5) is 5.69 Å². The summed E-state index contributed by atoms with van der Waals surface area (Å²) < 4.78 is 10.8. The molecule has 3 aromatic carbocycles. The summed E-state index contributed by atoms with van der Waals surface area (Å²) in [6, 6.07) is 20.2. The lowest BCUT2D eigenvalue weighted by molar-refractivity contribution is -0.117. The highest BCUT2D eigenvalue weighted by Crippen LogP contribution is 2.37. The highest BCUT2D eigenvalue weighted by Gasteiger charge is 2.34. The molecule has 3 aromatic rings. The van der Waals surface area contributed by atoms with E-state index in [0.29, 0.717) is 23.6 Å². The summed E-state index contributed by atoms with van der Waals surface area (Å²) in [6.45, 7) is 2.40. The topological polar surface area (TPSA) is 67.9 Å². The van der Waals surface area contributed by atoms with E-state index in [1.807, 2.05) is 67.6 Å². The molecule has 0 aliphatic carbocycles. The number of hydrogen-bond donors (Lipinski definition) is 1. The Labute approximate surface area is 187 Å². The number of carbonyl (C=O) groups is 2. The third-order valence-electron chi connectivity index (χ3n) is 5.82. The molecule has 0 unspecified atom stereocenters. The van der Waals surface area contributed by atoms with Gasteiger partial charge in [0, 0.05) is 17.8 Å². The van der Waals surface area contributed by atoms with Gasteiger partial charge in [0.05, 0.1) is 26.7 Å². The largest absolute Gasteiger partial charge is 0.493 e. The van der Waals surface area contributed by atoms with E-state index >= 15 is 0 Å². The number of ether oxygens (including phenoxy) is 2. The van der Waals surface area contributed by atoms with Gasteiger partial charge in [0.15, 0.2) is 11.5 Å². The normalized spacial score (nSPS) is 13.5. The quantitative estimate of drug-likeness (QED) is 0.588. The number of nitrogens with one attached hydrogen (secondary N) is 1. The molecular weight excluding hydrogens is 404 g/mol. The molecule has 1 atom stereocenters. The maximum absolute atomic E-state index is 13.2. The second kappa shape index (κ2) is 9.14. The summed E-state index contributed by atoms with van der Waals surface area (Å²) in [6.07, 6.45) is 0.115. The van der Waals surface area contributed by atoms with E-state index in [9.17, 15) is 9.59 Å². The van der Waals surface area contributed by atoms with Gasteiger partial charge in [-0.25, -0.2) is 0 Å². The summed E-state index contributed by atoms with van der Waals surface area (Å²) in [7, 11) is 3.14. The summed E-state index contributed by atoms with van der Waals surface area (Å²) >= 11 is 0. The van der Waals surface area contributed by atoms with Crippen molar-refractivity contribution < 1.29 is 19.1 Å². The summed E-state index contributed by atoms with van der Waals surface area (Å²) in [5.41, 5.74) is 4.19. The second-order valence-corrected chi connectivity index (χ2v) is 7.79. The molecule has 4 rings (SSSR count). The van der Waals surface area contributed by atoms with Crippen molar-refractivity contribution in [2.24, 2.45) is 0 Å². The third kappa shape index (κ3) is 4.17. The van der Waals surface area contributed by atoms with Crippen molar-refractivity contribution in [3.05, 3.63) is 89.0 Å². The van der Waals surface area contributed by atoms with Gasteiger partial charge in [0.2, 0.25) is 5.91 Å². The first-order valence-electron chi connectivity index (χ1n) is 10.5. The van der Waals surface area contributed by atoms with E-state index in [0.717, 1.165) is 22.4 Å². The van der Waals surface area contributed by atoms with Crippen LogP contribution in [0, 0.1) is 6.92 Å². The number of amides is 2. The fourth-order valence-electron chi connectivity index (χ4n) is 4.09. The zero-order valence-electron chi connectivity index (χ0n) is 18.4. The Kier molecular flexibility index (Phi) is 6.12. The van der Waals surface area contributed by atoms with Crippen LogP contribution in [0.1, 0.15) is 39.5 Å². The molecule has 1 aliphatic rings. The van der Waals surface area contributed by atoms with Crippen molar-refractivity contribution in [3.63, 3.8) is 0 Å². The van der Waals surface area contributed by atoms with Gasteiger partial charge in [-0.1, -0.05) is 42.5 Å². The number of nitrogens with zero attached hydrogens (tertiary/aromatic N) is 1. The lowest BCUT2D eigenvalue weighted by Gasteiger charge is -2.28. The Morgan fingerprint density at radius 1 is 1.00 bits per heavy atom. The van der Waals surface area contributed by atoms with Crippen LogP contribution >= 0.6 is 0 Å². The number of anilines is 1. The molecule has 164 valence electrons. The molecule has 2 amide bonds. The first-order valence-corrected chi connectivity index (χ1v) is 10.5. The highest BCUT2D eigenvalue weighted by molar-refractivity contribution is 5.99. The Bertz CT molecular complexity index is 1160. The minimum atomic E-state index is -0.460. The zero-order valence-corrected chi connectivity index (χ0v) is 18.4. The lowest BCUT2D eigenvalue weighted by atomic mass is 10.0. The van der Waals surface area contributed by atoms with E-state index in [1.54, 1.807) is 25.2 Å². The maximum atomic E-state index is 13.2. The minimum Gasteiger partial charge on any atom is -0.493 e. The van der Waals surface area contributed by atoms with Gasteiger partial charge in [-0.15, -0.1) is 0 Å². The molecule has 0 spiro atoms.